The van der Waals surface area contributed by atoms with Crippen LogP contribution in [0.5, 0.6) is 17.2 Å². The first-order valence-corrected chi connectivity index (χ1v) is 11.1. The Labute approximate surface area is 202 Å². The predicted molar refractivity (Wildman–Crippen MR) is 137 cm³/mol. The fourth-order valence-electron chi connectivity index (χ4n) is 3.84. The second kappa shape index (κ2) is 9.57. The van der Waals surface area contributed by atoms with Gasteiger partial charge < -0.3 is 14.8 Å². The van der Waals surface area contributed by atoms with Crippen LogP contribution in [0.1, 0.15) is 10.4 Å². The highest BCUT2D eigenvalue weighted by Crippen LogP contribution is 2.24. The van der Waals surface area contributed by atoms with E-state index < -0.39 is 0 Å². The molecule has 1 aromatic heterocycles. The van der Waals surface area contributed by atoms with Gasteiger partial charge in [0.15, 0.2) is 0 Å². The highest BCUT2D eigenvalue weighted by atomic mass is 16.5. The Balaban J connectivity index is 1.46. The largest absolute Gasteiger partial charge is 0.497 e. The third-order valence-electron chi connectivity index (χ3n) is 5.61. The molecule has 5 aromatic rings. The van der Waals surface area contributed by atoms with Crippen molar-refractivity contribution in [3.05, 3.63) is 125 Å². The van der Waals surface area contributed by atoms with Gasteiger partial charge >= 0.3 is 0 Å². The number of amides is 1. The van der Waals surface area contributed by atoms with Crippen LogP contribution in [-0.4, -0.2) is 17.6 Å². The number of aromatic nitrogens is 1. The van der Waals surface area contributed by atoms with E-state index in [-0.39, 0.29) is 11.5 Å². The minimum Gasteiger partial charge on any atom is -0.497 e. The normalized spacial score (nSPS) is 10.7. The number of nitrogens with zero attached hydrogens (tertiary/aromatic N) is 1. The van der Waals surface area contributed by atoms with Gasteiger partial charge in [0.05, 0.1) is 12.7 Å². The number of nitrogens with one attached hydrogen (secondary N) is 1. The summed E-state index contributed by atoms with van der Waals surface area (Å²) in [5.41, 5.74) is 1.44. The molecule has 0 aliphatic heterocycles. The number of hydrogen-bond donors (Lipinski definition) is 1. The Bertz CT molecular complexity index is 1540. The maximum atomic E-state index is 13.3. The summed E-state index contributed by atoms with van der Waals surface area (Å²) in [5.74, 6) is 1.75. The fraction of sp³-hybridized carbons (Fsp3) is 0.0345. The van der Waals surface area contributed by atoms with E-state index in [2.05, 4.69) is 5.32 Å². The van der Waals surface area contributed by atoms with E-state index in [1.165, 1.54) is 4.57 Å². The summed E-state index contributed by atoms with van der Waals surface area (Å²) in [6.45, 7) is 0. The van der Waals surface area contributed by atoms with Crippen molar-refractivity contribution in [1.29, 1.82) is 0 Å². The number of ether oxygens (including phenoxy) is 2. The van der Waals surface area contributed by atoms with E-state index in [0.29, 0.717) is 39.2 Å². The van der Waals surface area contributed by atoms with Gasteiger partial charge in [0, 0.05) is 28.3 Å². The van der Waals surface area contributed by atoms with Crippen LogP contribution in [0.15, 0.2) is 114 Å². The van der Waals surface area contributed by atoms with E-state index in [1.807, 2.05) is 36.4 Å². The molecular weight excluding hydrogens is 440 g/mol. The monoisotopic (exact) mass is 462 g/mol. The first kappa shape index (κ1) is 22.0. The van der Waals surface area contributed by atoms with Crippen molar-refractivity contribution in [3.8, 4) is 22.9 Å². The average molecular weight is 463 g/mol. The molecule has 0 aliphatic carbocycles. The van der Waals surface area contributed by atoms with E-state index in [9.17, 15) is 9.59 Å². The molecule has 0 atom stereocenters. The highest BCUT2D eigenvalue weighted by molar-refractivity contribution is 6.12. The van der Waals surface area contributed by atoms with Crippen LogP contribution in [0.3, 0.4) is 0 Å². The Kier molecular flexibility index (Phi) is 6.01. The topological polar surface area (TPSA) is 69.6 Å². The second-order valence-corrected chi connectivity index (χ2v) is 7.86. The number of hydrogen-bond acceptors (Lipinski definition) is 4. The third-order valence-corrected chi connectivity index (χ3v) is 5.61. The lowest BCUT2D eigenvalue weighted by Gasteiger charge is -2.13. The Morgan fingerprint density at radius 3 is 2.00 bits per heavy atom. The number of anilines is 1. The molecule has 0 spiro atoms. The molecule has 0 saturated carbocycles. The maximum absolute atomic E-state index is 13.3. The number of carbonyl (C=O) groups excluding carboxylic acids is 1. The summed E-state index contributed by atoms with van der Waals surface area (Å²) in [7, 11) is 1.58. The third kappa shape index (κ3) is 4.63. The summed E-state index contributed by atoms with van der Waals surface area (Å²) in [6, 6.07) is 30.8. The molecule has 1 N–H and O–H groups in total. The minimum atomic E-state index is -0.319. The van der Waals surface area contributed by atoms with Crippen LogP contribution in [-0.2, 0) is 0 Å². The van der Waals surface area contributed by atoms with Crippen LogP contribution >= 0.6 is 0 Å². The van der Waals surface area contributed by atoms with Crippen LogP contribution in [0, 0.1) is 0 Å². The van der Waals surface area contributed by atoms with Crippen molar-refractivity contribution in [2.45, 2.75) is 0 Å². The lowest BCUT2D eigenvalue weighted by atomic mass is 10.1. The van der Waals surface area contributed by atoms with Crippen molar-refractivity contribution in [2.75, 3.05) is 12.4 Å². The first-order chi connectivity index (χ1) is 17.1. The average Bonchev–Trinajstić information content (AvgIpc) is 2.91. The van der Waals surface area contributed by atoms with Crippen LogP contribution < -0.4 is 20.3 Å². The van der Waals surface area contributed by atoms with Gasteiger partial charge in [-0.1, -0.05) is 36.4 Å². The summed E-state index contributed by atoms with van der Waals surface area (Å²) < 4.78 is 12.5. The summed E-state index contributed by atoms with van der Waals surface area (Å²) >= 11 is 0. The molecule has 6 nitrogen and oxygen atoms in total. The highest BCUT2D eigenvalue weighted by Gasteiger charge is 2.16. The molecule has 172 valence electrons. The molecular formula is C29H22N2O4. The maximum Gasteiger partial charge on any atom is 0.262 e. The SMILES string of the molecule is COc1ccc(-n2cc(C(=O)Nc3ccc(Oc4ccccc4)cc3)c3ccccc3c2=O)cc1. The zero-order valence-electron chi connectivity index (χ0n) is 19.0. The molecule has 0 unspecified atom stereocenters. The van der Waals surface area contributed by atoms with Gasteiger partial charge in [0.2, 0.25) is 0 Å². The Morgan fingerprint density at radius 1 is 0.714 bits per heavy atom. The number of methoxy groups -OCH3 is 1. The molecule has 35 heavy (non-hydrogen) atoms. The van der Waals surface area contributed by atoms with Crippen LogP contribution in [0.2, 0.25) is 0 Å². The smallest absolute Gasteiger partial charge is 0.262 e. The number of carbonyl (C=O) groups is 1. The fourth-order valence-corrected chi connectivity index (χ4v) is 3.84. The summed E-state index contributed by atoms with van der Waals surface area (Å²) in [6.07, 6.45) is 1.58. The number of fused-ring (bicyclic) bond motifs is 1. The first-order valence-electron chi connectivity index (χ1n) is 11.1. The van der Waals surface area contributed by atoms with Gasteiger partial charge in [-0.25, -0.2) is 0 Å². The standard InChI is InChI=1S/C29H22N2O4/c1-34-22-17-13-21(14-18-22)31-19-27(25-9-5-6-10-26(25)29(31)33)28(32)30-20-11-15-24(16-12-20)35-23-7-3-2-4-8-23/h2-19H,1H3,(H,30,32). The molecule has 0 radical (unpaired) electrons. The van der Waals surface area contributed by atoms with E-state index in [0.717, 1.165) is 5.75 Å². The Hall–Kier alpha value is -4.84. The molecule has 4 aromatic carbocycles. The van der Waals surface area contributed by atoms with Gasteiger partial charge in [-0.15, -0.1) is 0 Å². The van der Waals surface area contributed by atoms with Crippen molar-refractivity contribution in [3.63, 3.8) is 0 Å². The van der Waals surface area contributed by atoms with Crippen molar-refractivity contribution >= 4 is 22.4 Å². The van der Waals surface area contributed by atoms with Crippen molar-refractivity contribution < 1.29 is 14.3 Å². The van der Waals surface area contributed by atoms with E-state index >= 15 is 0 Å². The lowest BCUT2D eigenvalue weighted by Crippen LogP contribution is -2.22. The van der Waals surface area contributed by atoms with Gasteiger partial charge in [-0.2, -0.15) is 0 Å². The van der Waals surface area contributed by atoms with Gasteiger partial charge in [0.1, 0.15) is 17.2 Å². The van der Waals surface area contributed by atoms with Gasteiger partial charge in [0.25, 0.3) is 11.5 Å². The van der Waals surface area contributed by atoms with Crippen LogP contribution in [0.25, 0.3) is 16.5 Å². The molecule has 0 fully saturated rings. The molecule has 5 rings (SSSR count). The molecule has 1 heterocycles. The lowest BCUT2D eigenvalue weighted by molar-refractivity contribution is 0.102. The molecule has 0 saturated heterocycles. The molecule has 1 amide bonds. The number of rotatable bonds is 6. The van der Waals surface area contributed by atoms with E-state index in [4.69, 9.17) is 9.47 Å². The zero-order chi connectivity index (χ0) is 24.2. The van der Waals surface area contributed by atoms with Crippen molar-refractivity contribution in [2.24, 2.45) is 0 Å². The summed E-state index contributed by atoms with van der Waals surface area (Å²) in [5, 5.41) is 3.98. The summed E-state index contributed by atoms with van der Waals surface area (Å²) in [4.78, 5) is 26.5. The number of para-hydroxylation sites is 1. The predicted octanol–water partition coefficient (Wildman–Crippen LogP) is 6.04. The van der Waals surface area contributed by atoms with Gasteiger partial charge in [-0.05, 0) is 66.7 Å². The second-order valence-electron chi connectivity index (χ2n) is 7.86. The molecule has 0 aliphatic rings. The van der Waals surface area contributed by atoms with Crippen LogP contribution in [0.4, 0.5) is 5.69 Å². The van der Waals surface area contributed by atoms with Crippen molar-refractivity contribution in [1.82, 2.24) is 4.57 Å². The minimum absolute atomic E-state index is 0.204. The zero-order valence-corrected chi connectivity index (χ0v) is 19.0. The van der Waals surface area contributed by atoms with E-state index in [1.54, 1.807) is 80.0 Å². The molecule has 6 heteroatoms. The van der Waals surface area contributed by atoms with Gasteiger partial charge in [-0.3, -0.25) is 14.2 Å². The Morgan fingerprint density at radius 2 is 1.31 bits per heavy atom. The molecule has 0 bridgehead atoms. The quantitative estimate of drug-likeness (QED) is 0.334. The number of benzene rings is 4. The number of pyridine rings is 1.